The van der Waals surface area contributed by atoms with Gasteiger partial charge in [-0.2, -0.15) is 0 Å². The minimum atomic E-state index is -0.0701. The molecule has 4 unspecified atom stereocenters. The third-order valence-electron chi connectivity index (χ3n) is 4.11. The van der Waals surface area contributed by atoms with Crippen LogP contribution in [0.4, 0.5) is 0 Å². The summed E-state index contributed by atoms with van der Waals surface area (Å²) in [6.07, 6.45) is 4.81. The van der Waals surface area contributed by atoms with Crippen LogP contribution in [-0.4, -0.2) is 24.5 Å². The fraction of sp³-hybridized carbons (Fsp3) is 0.929. The zero-order valence-corrected chi connectivity index (χ0v) is 11.8. The second-order valence-corrected chi connectivity index (χ2v) is 5.55. The minimum absolute atomic E-state index is 0.0701. The lowest BCUT2D eigenvalue weighted by Gasteiger charge is -2.36. The van der Waals surface area contributed by atoms with E-state index in [0.717, 1.165) is 18.9 Å². The average molecular weight is 240 g/mol. The van der Waals surface area contributed by atoms with Gasteiger partial charge in [0.1, 0.15) is 0 Å². The third kappa shape index (κ3) is 4.30. The number of nitrogens with one attached hydrogen (secondary N) is 2. The van der Waals surface area contributed by atoms with Gasteiger partial charge in [0, 0.05) is 12.6 Å². The molecule has 3 nitrogen and oxygen atoms in total. The second-order valence-electron chi connectivity index (χ2n) is 5.55. The Morgan fingerprint density at radius 2 is 2.06 bits per heavy atom. The summed E-state index contributed by atoms with van der Waals surface area (Å²) in [5, 5.41) is 6.44. The molecule has 1 rings (SSSR count). The summed E-state index contributed by atoms with van der Waals surface area (Å²) < 4.78 is 0. The third-order valence-corrected chi connectivity index (χ3v) is 4.11. The van der Waals surface area contributed by atoms with Crippen LogP contribution in [0.1, 0.15) is 53.4 Å². The first-order chi connectivity index (χ1) is 8.06. The monoisotopic (exact) mass is 240 g/mol. The second kappa shape index (κ2) is 7.00. The first-order valence-electron chi connectivity index (χ1n) is 7.10. The molecular weight excluding hydrogens is 212 g/mol. The summed E-state index contributed by atoms with van der Waals surface area (Å²) in [5.74, 6) is 1.58. The van der Waals surface area contributed by atoms with Gasteiger partial charge >= 0.3 is 0 Å². The fourth-order valence-corrected chi connectivity index (χ4v) is 2.62. The normalized spacial score (nSPS) is 30.9. The quantitative estimate of drug-likeness (QED) is 0.774. The molecule has 1 aliphatic carbocycles. The van der Waals surface area contributed by atoms with Gasteiger partial charge in [0.05, 0.1) is 6.04 Å². The highest BCUT2D eigenvalue weighted by Gasteiger charge is 2.28. The number of hydrogen-bond acceptors (Lipinski definition) is 2. The van der Waals surface area contributed by atoms with Gasteiger partial charge in [-0.15, -0.1) is 0 Å². The maximum Gasteiger partial charge on any atom is 0.236 e. The Bertz CT molecular complexity index is 242. The van der Waals surface area contributed by atoms with E-state index >= 15 is 0 Å². The van der Waals surface area contributed by atoms with Crippen molar-refractivity contribution in [2.75, 3.05) is 6.54 Å². The Morgan fingerprint density at radius 1 is 1.35 bits per heavy atom. The van der Waals surface area contributed by atoms with E-state index < -0.39 is 0 Å². The number of hydrogen-bond donors (Lipinski definition) is 2. The SMILES string of the molecule is CCCNC(=O)C(C)NC1CCCC(C)C1C. The minimum Gasteiger partial charge on any atom is -0.355 e. The van der Waals surface area contributed by atoms with Crippen molar-refractivity contribution in [1.29, 1.82) is 0 Å². The van der Waals surface area contributed by atoms with Gasteiger partial charge in [0.25, 0.3) is 0 Å². The molecule has 100 valence electrons. The van der Waals surface area contributed by atoms with E-state index in [-0.39, 0.29) is 11.9 Å². The zero-order chi connectivity index (χ0) is 12.8. The van der Waals surface area contributed by atoms with E-state index in [9.17, 15) is 4.79 Å². The Kier molecular flexibility index (Phi) is 5.96. The molecule has 0 aromatic carbocycles. The molecule has 0 aromatic rings. The van der Waals surface area contributed by atoms with Crippen molar-refractivity contribution in [2.24, 2.45) is 11.8 Å². The highest BCUT2D eigenvalue weighted by molar-refractivity contribution is 5.81. The van der Waals surface area contributed by atoms with Crippen LogP contribution in [0, 0.1) is 11.8 Å². The van der Waals surface area contributed by atoms with E-state index in [2.05, 4.69) is 31.4 Å². The van der Waals surface area contributed by atoms with Crippen molar-refractivity contribution in [1.82, 2.24) is 10.6 Å². The summed E-state index contributed by atoms with van der Waals surface area (Å²) in [6, 6.07) is 0.431. The van der Waals surface area contributed by atoms with E-state index in [4.69, 9.17) is 0 Å². The Labute approximate surface area is 106 Å². The molecule has 0 aliphatic heterocycles. The molecule has 1 aliphatic rings. The molecule has 0 spiro atoms. The summed E-state index contributed by atoms with van der Waals surface area (Å²) in [7, 11) is 0. The van der Waals surface area contributed by atoms with Gasteiger partial charge in [-0.1, -0.05) is 33.6 Å². The summed E-state index contributed by atoms with van der Waals surface area (Å²) >= 11 is 0. The predicted octanol–water partition coefficient (Wildman–Crippen LogP) is 2.32. The standard InChI is InChI=1S/C14H28N2O/c1-5-9-15-14(17)12(4)16-13-8-6-7-10(2)11(13)3/h10-13,16H,5-9H2,1-4H3,(H,15,17). The van der Waals surface area contributed by atoms with E-state index in [1.807, 2.05) is 6.92 Å². The van der Waals surface area contributed by atoms with Crippen LogP contribution >= 0.6 is 0 Å². The van der Waals surface area contributed by atoms with Crippen molar-refractivity contribution in [2.45, 2.75) is 65.5 Å². The molecule has 1 saturated carbocycles. The lowest BCUT2D eigenvalue weighted by molar-refractivity contribution is -0.123. The van der Waals surface area contributed by atoms with Gasteiger partial charge in [0.2, 0.25) is 5.91 Å². The fourth-order valence-electron chi connectivity index (χ4n) is 2.62. The first kappa shape index (κ1) is 14.5. The lowest BCUT2D eigenvalue weighted by Crippen LogP contribution is -2.50. The van der Waals surface area contributed by atoms with Gasteiger partial charge in [-0.05, 0) is 31.6 Å². The first-order valence-corrected chi connectivity index (χ1v) is 7.10. The smallest absolute Gasteiger partial charge is 0.236 e. The van der Waals surface area contributed by atoms with Crippen LogP contribution in [0.15, 0.2) is 0 Å². The largest absolute Gasteiger partial charge is 0.355 e. The zero-order valence-electron chi connectivity index (χ0n) is 11.8. The van der Waals surface area contributed by atoms with Crippen LogP contribution in [0.5, 0.6) is 0 Å². The van der Waals surface area contributed by atoms with Crippen molar-refractivity contribution in [3.63, 3.8) is 0 Å². The molecule has 0 radical (unpaired) electrons. The van der Waals surface area contributed by atoms with Crippen LogP contribution in [0.3, 0.4) is 0 Å². The van der Waals surface area contributed by atoms with Crippen LogP contribution in [-0.2, 0) is 4.79 Å². The molecule has 3 heteroatoms. The van der Waals surface area contributed by atoms with E-state index in [1.165, 1.54) is 19.3 Å². The number of carbonyl (C=O) groups excluding carboxylic acids is 1. The van der Waals surface area contributed by atoms with Gasteiger partial charge in [-0.25, -0.2) is 0 Å². The predicted molar refractivity (Wildman–Crippen MR) is 71.9 cm³/mol. The summed E-state index contributed by atoms with van der Waals surface area (Å²) in [6.45, 7) is 9.44. The van der Waals surface area contributed by atoms with Crippen molar-refractivity contribution in [3.05, 3.63) is 0 Å². The highest BCUT2D eigenvalue weighted by Crippen LogP contribution is 2.29. The van der Waals surface area contributed by atoms with E-state index in [1.54, 1.807) is 0 Å². The average Bonchev–Trinajstić information content (AvgIpc) is 2.31. The molecule has 0 bridgehead atoms. The highest BCUT2D eigenvalue weighted by atomic mass is 16.2. The van der Waals surface area contributed by atoms with Gasteiger partial charge in [-0.3, -0.25) is 4.79 Å². The molecule has 17 heavy (non-hydrogen) atoms. The number of rotatable bonds is 5. The molecule has 0 saturated heterocycles. The summed E-state index contributed by atoms with van der Waals surface area (Å²) in [4.78, 5) is 11.8. The number of amides is 1. The molecular formula is C14H28N2O. The molecule has 1 fully saturated rings. The maximum absolute atomic E-state index is 11.8. The van der Waals surface area contributed by atoms with E-state index in [0.29, 0.717) is 12.0 Å². The molecule has 0 heterocycles. The van der Waals surface area contributed by atoms with Crippen LogP contribution in [0.25, 0.3) is 0 Å². The Hall–Kier alpha value is -0.570. The van der Waals surface area contributed by atoms with Gasteiger partial charge < -0.3 is 10.6 Å². The van der Waals surface area contributed by atoms with Crippen LogP contribution < -0.4 is 10.6 Å². The number of carbonyl (C=O) groups is 1. The molecule has 0 aromatic heterocycles. The van der Waals surface area contributed by atoms with Crippen molar-refractivity contribution in [3.8, 4) is 0 Å². The Morgan fingerprint density at radius 3 is 2.71 bits per heavy atom. The summed E-state index contributed by atoms with van der Waals surface area (Å²) in [5.41, 5.74) is 0. The van der Waals surface area contributed by atoms with Crippen molar-refractivity contribution < 1.29 is 4.79 Å². The maximum atomic E-state index is 11.8. The van der Waals surface area contributed by atoms with Crippen molar-refractivity contribution >= 4 is 5.91 Å². The molecule has 2 N–H and O–H groups in total. The lowest BCUT2D eigenvalue weighted by atomic mass is 9.78. The topological polar surface area (TPSA) is 41.1 Å². The van der Waals surface area contributed by atoms with Crippen LogP contribution in [0.2, 0.25) is 0 Å². The Balaban J connectivity index is 2.38. The van der Waals surface area contributed by atoms with Gasteiger partial charge in [0.15, 0.2) is 0 Å². The molecule has 1 amide bonds. The molecule has 4 atom stereocenters.